The van der Waals surface area contributed by atoms with Gasteiger partial charge in [-0.25, -0.2) is 8.42 Å². The summed E-state index contributed by atoms with van der Waals surface area (Å²) in [6, 6.07) is 3.78. The van der Waals surface area contributed by atoms with Gasteiger partial charge in [-0.3, -0.25) is 9.52 Å². The Kier molecular flexibility index (Phi) is 4.19. The number of aliphatic carboxylic acids is 1. The van der Waals surface area contributed by atoms with Gasteiger partial charge in [0.05, 0.1) is 22.9 Å². The van der Waals surface area contributed by atoms with Crippen LogP contribution in [-0.2, 0) is 14.8 Å². The maximum atomic E-state index is 11.4. The van der Waals surface area contributed by atoms with E-state index in [0.29, 0.717) is 0 Å². The van der Waals surface area contributed by atoms with Gasteiger partial charge in [-0.1, -0.05) is 11.6 Å². The highest BCUT2D eigenvalue weighted by atomic mass is 35.5. The molecular weight excluding hydrogens is 270 g/mol. The number of anilines is 1. The minimum atomic E-state index is -3.73. The van der Waals surface area contributed by atoms with Crippen molar-refractivity contribution in [2.24, 2.45) is 0 Å². The molecule has 94 valence electrons. The van der Waals surface area contributed by atoms with Crippen LogP contribution in [0, 0.1) is 0 Å². The number of hydrogen-bond acceptors (Lipinski definition) is 4. The summed E-state index contributed by atoms with van der Waals surface area (Å²) in [6.07, 6.45) is -0.485. The van der Waals surface area contributed by atoms with Crippen LogP contribution in [0.5, 0.6) is 5.75 Å². The van der Waals surface area contributed by atoms with Crippen molar-refractivity contribution in [1.29, 1.82) is 0 Å². The van der Waals surface area contributed by atoms with Crippen molar-refractivity contribution in [3.05, 3.63) is 23.2 Å². The Morgan fingerprint density at radius 2 is 2.06 bits per heavy atom. The molecule has 0 aliphatic heterocycles. The quantitative estimate of drug-likeness (QED) is 0.704. The molecule has 0 unspecified atom stereocenters. The Morgan fingerprint density at radius 3 is 2.59 bits per heavy atom. The van der Waals surface area contributed by atoms with Gasteiger partial charge in [-0.2, -0.15) is 0 Å². The number of phenolic OH excluding ortho intramolecular Hbond substituents is 1. The number of aromatic hydroxyl groups is 1. The predicted molar refractivity (Wildman–Crippen MR) is 62.8 cm³/mol. The maximum absolute atomic E-state index is 11.4. The van der Waals surface area contributed by atoms with E-state index in [0.717, 1.165) is 0 Å². The SMILES string of the molecule is O=C(O)CCS(=O)(=O)Nc1ccc(O)c(Cl)c1. The van der Waals surface area contributed by atoms with Crippen molar-refractivity contribution in [3.63, 3.8) is 0 Å². The lowest BCUT2D eigenvalue weighted by Gasteiger charge is -2.07. The molecule has 0 saturated carbocycles. The van der Waals surface area contributed by atoms with E-state index in [9.17, 15) is 13.2 Å². The van der Waals surface area contributed by atoms with Gasteiger partial charge in [0.25, 0.3) is 0 Å². The van der Waals surface area contributed by atoms with Crippen LogP contribution in [0.3, 0.4) is 0 Å². The molecule has 6 nitrogen and oxygen atoms in total. The molecule has 1 aromatic rings. The summed E-state index contributed by atoms with van der Waals surface area (Å²) >= 11 is 5.59. The highest BCUT2D eigenvalue weighted by Crippen LogP contribution is 2.26. The summed E-state index contributed by atoms with van der Waals surface area (Å²) in [5, 5.41) is 17.5. The number of carbonyl (C=O) groups is 1. The van der Waals surface area contributed by atoms with Crippen molar-refractivity contribution in [2.45, 2.75) is 6.42 Å². The molecule has 0 spiro atoms. The fraction of sp³-hybridized carbons (Fsp3) is 0.222. The van der Waals surface area contributed by atoms with E-state index in [-0.39, 0.29) is 16.5 Å². The Labute approximate surface area is 103 Å². The molecule has 3 N–H and O–H groups in total. The average molecular weight is 280 g/mol. The van der Waals surface area contributed by atoms with Crippen LogP contribution in [-0.4, -0.2) is 30.4 Å². The van der Waals surface area contributed by atoms with E-state index in [1.54, 1.807) is 0 Å². The number of carboxylic acid groups (broad SMARTS) is 1. The first-order valence-electron chi connectivity index (χ1n) is 4.51. The number of nitrogens with one attached hydrogen (secondary N) is 1. The number of sulfonamides is 1. The summed E-state index contributed by atoms with van der Waals surface area (Å²) in [6.45, 7) is 0. The molecule has 0 fully saturated rings. The first kappa shape index (κ1) is 13.6. The van der Waals surface area contributed by atoms with Crippen LogP contribution < -0.4 is 4.72 Å². The molecule has 0 radical (unpaired) electrons. The molecule has 0 bridgehead atoms. The van der Waals surface area contributed by atoms with Crippen molar-refractivity contribution in [1.82, 2.24) is 0 Å². The number of rotatable bonds is 5. The predicted octanol–water partition coefficient (Wildman–Crippen LogP) is 1.26. The smallest absolute Gasteiger partial charge is 0.304 e. The lowest BCUT2D eigenvalue weighted by atomic mass is 10.3. The maximum Gasteiger partial charge on any atom is 0.304 e. The second kappa shape index (κ2) is 5.24. The van der Waals surface area contributed by atoms with Crippen molar-refractivity contribution < 1.29 is 23.4 Å². The fourth-order valence-corrected chi connectivity index (χ4v) is 2.23. The van der Waals surface area contributed by atoms with Gasteiger partial charge in [0.15, 0.2) is 0 Å². The van der Waals surface area contributed by atoms with Crippen LogP contribution >= 0.6 is 11.6 Å². The summed E-state index contributed by atoms with van der Waals surface area (Å²) in [5.74, 6) is -1.89. The van der Waals surface area contributed by atoms with Gasteiger partial charge in [0, 0.05) is 0 Å². The van der Waals surface area contributed by atoms with E-state index in [1.165, 1.54) is 18.2 Å². The summed E-state index contributed by atoms with van der Waals surface area (Å²) < 4.78 is 25.0. The third-order valence-electron chi connectivity index (χ3n) is 1.81. The zero-order valence-corrected chi connectivity index (χ0v) is 10.1. The van der Waals surface area contributed by atoms with Crippen LogP contribution in [0.2, 0.25) is 5.02 Å². The van der Waals surface area contributed by atoms with Gasteiger partial charge < -0.3 is 10.2 Å². The molecule has 0 aromatic heterocycles. The van der Waals surface area contributed by atoms with E-state index in [4.69, 9.17) is 21.8 Å². The first-order valence-corrected chi connectivity index (χ1v) is 6.54. The molecule has 0 atom stereocenters. The summed E-state index contributed by atoms with van der Waals surface area (Å²) in [5.41, 5.74) is 0.165. The van der Waals surface area contributed by atoms with Gasteiger partial charge >= 0.3 is 5.97 Å². The molecule has 0 saturated heterocycles. The number of benzene rings is 1. The number of halogens is 1. The fourth-order valence-electron chi connectivity index (χ4n) is 1.02. The van der Waals surface area contributed by atoms with Crippen LogP contribution in [0.15, 0.2) is 18.2 Å². The number of carboxylic acids is 1. The largest absolute Gasteiger partial charge is 0.506 e. The van der Waals surface area contributed by atoms with Gasteiger partial charge in [0.2, 0.25) is 10.0 Å². The summed E-state index contributed by atoms with van der Waals surface area (Å²) in [4.78, 5) is 10.3. The lowest BCUT2D eigenvalue weighted by Crippen LogP contribution is -2.18. The van der Waals surface area contributed by atoms with Crippen LogP contribution in [0.1, 0.15) is 6.42 Å². The molecule has 0 heterocycles. The monoisotopic (exact) mass is 279 g/mol. The standard InChI is InChI=1S/C9H10ClNO5S/c10-7-5-6(1-2-8(7)12)11-17(15,16)4-3-9(13)14/h1-2,5,11-12H,3-4H2,(H,13,14). The summed E-state index contributed by atoms with van der Waals surface area (Å²) in [7, 11) is -3.73. The minimum absolute atomic E-state index is 0.00318. The van der Waals surface area contributed by atoms with Crippen molar-refractivity contribution >= 4 is 33.3 Å². The van der Waals surface area contributed by atoms with E-state index < -0.39 is 28.2 Å². The Bertz CT molecular complexity index is 528. The van der Waals surface area contributed by atoms with Crippen molar-refractivity contribution in [2.75, 3.05) is 10.5 Å². The third-order valence-corrected chi connectivity index (χ3v) is 3.40. The zero-order chi connectivity index (χ0) is 13.1. The third kappa shape index (κ3) is 4.49. The van der Waals surface area contributed by atoms with Gasteiger partial charge in [0.1, 0.15) is 5.75 Å². The van der Waals surface area contributed by atoms with Crippen LogP contribution in [0.4, 0.5) is 5.69 Å². The molecule has 0 amide bonds. The second-order valence-corrected chi connectivity index (χ2v) is 5.48. The molecule has 8 heteroatoms. The molecule has 0 aliphatic rings. The van der Waals surface area contributed by atoms with E-state index in [1.807, 2.05) is 0 Å². The molecule has 17 heavy (non-hydrogen) atoms. The zero-order valence-electron chi connectivity index (χ0n) is 8.55. The second-order valence-electron chi connectivity index (χ2n) is 3.23. The van der Waals surface area contributed by atoms with Crippen molar-refractivity contribution in [3.8, 4) is 5.75 Å². The van der Waals surface area contributed by atoms with Crippen LogP contribution in [0.25, 0.3) is 0 Å². The van der Waals surface area contributed by atoms with Gasteiger partial charge in [-0.15, -0.1) is 0 Å². The Balaban J connectivity index is 2.76. The van der Waals surface area contributed by atoms with E-state index in [2.05, 4.69) is 4.72 Å². The van der Waals surface area contributed by atoms with Gasteiger partial charge in [-0.05, 0) is 18.2 Å². The topological polar surface area (TPSA) is 104 Å². The number of phenols is 1. The molecule has 0 aliphatic carbocycles. The minimum Gasteiger partial charge on any atom is -0.506 e. The molecular formula is C9H10ClNO5S. The molecule has 1 aromatic carbocycles. The first-order chi connectivity index (χ1) is 7.80. The molecule has 1 rings (SSSR count). The number of hydrogen-bond donors (Lipinski definition) is 3. The highest BCUT2D eigenvalue weighted by Gasteiger charge is 2.13. The van der Waals surface area contributed by atoms with E-state index >= 15 is 0 Å². The normalized spacial score (nSPS) is 11.1. The highest BCUT2D eigenvalue weighted by molar-refractivity contribution is 7.92. The average Bonchev–Trinajstić information content (AvgIpc) is 2.21. The lowest BCUT2D eigenvalue weighted by molar-refractivity contribution is -0.136. The Hall–Kier alpha value is -1.47. The Morgan fingerprint density at radius 1 is 1.41 bits per heavy atom.